The fraction of sp³-hybridized carbons (Fsp3) is 0.350. The molecule has 48 heavy (non-hydrogen) atoms. The van der Waals surface area contributed by atoms with E-state index in [4.69, 9.17) is 14.2 Å². The summed E-state index contributed by atoms with van der Waals surface area (Å²) in [5, 5.41) is 12.5. The number of amides is 1. The summed E-state index contributed by atoms with van der Waals surface area (Å²) in [6, 6.07) is 34.7. The highest BCUT2D eigenvalue weighted by molar-refractivity contribution is 5.83. The van der Waals surface area contributed by atoms with Gasteiger partial charge < -0.3 is 24.6 Å². The topological polar surface area (TPSA) is 97.3 Å². The first-order valence-electron chi connectivity index (χ1n) is 16.5. The standard InChI is InChI=1S/C40H46N2O6/c1-26-37(24-42(5)27(2)31-11-7-6-8-12-31)47-40(48-38(26)33-17-15-30(25-43)16-18-33)34-21-19-32(20-22-34)36-14-10-9-13-35(36)23-41-39(45)28(3)46-29(4)44/h6-22,26-28,37-38,40,43H,23-25H2,1-5H3,(H,41,45)/t26-,27-,28-,37+,38+,40+/m0/s1. The van der Waals surface area contributed by atoms with Gasteiger partial charge >= 0.3 is 5.97 Å². The summed E-state index contributed by atoms with van der Waals surface area (Å²) in [6.45, 7) is 8.24. The number of ether oxygens (including phenoxy) is 3. The summed E-state index contributed by atoms with van der Waals surface area (Å²) in [6.07, 6.45) is -1.77. The number of nitrogens with one attached hydrogen (secondary N) is 1. The Kier molecular flexibility index (Phi) is 11.8. The number of benzene rings is 4. The van der Waals surface area contributed by atoms with E-state index < -0.39 is 18.4 Å². The third-order valence-electron chi connectivity index (χ3n) is 9.21. The maximum Gasteiger partial charge on any atom is 0.303 e. The highest BCUT2D eigenvalue weighted by atomic mass is 16.7. The second kappa shape index (κ2) is 16.2. The van der Waals surface area contributed by atoms with Crippen LogP contribution in [0.3, 0.4) is 0 Å². The summed E-state index contributed by atoms with van der Waals surface area (Å²) in [5.74, 6) is -0.781. The van der Waals surface area contributed by atoms with Crippen LogP contribution < -0.4 is 5.32 Å². The Morgan fingerprint density at radius 2 is 1.52 bits per heavy atom. The predicted octanol–water partition coefficient (Wildman–Crippen LogP) is 6.90. The maximum atomic E-state index is 12.5. The molecule has 1 amide bonds. The van der Waals surface area contributed by atoms with Gasteiger partial charge in [-0.1, -0.05) is 110 Å². The number of hydrogen-bond donors (Lipinski definition) is 2. The molecule has 0 saturated carbocycles. The summed E-state index contributed by atoms with van der Waals surface area (Å²) in [4.78, 5) is 26.1. The number of aliphatic hydroxyl groups excluding tert-OH is 1. The van der Waals surface area contributed by atoms with Crippen LogP contribution in [-0.4, -0.2) is 47.7 Å². The van der Waals surface area contributed by atoms with E-state index >= 15 is 0 Å². The Labute approximate surface area is 283 Å². The van der Waals surface area contributed by atoms with Gasteiger partial charge in [0, 0.05) is 37.5 Å². The molecule has 252 valence electrons. The lowest BCUT2D eigenvalue weighted by atomic mass is 9.89. The number of carbonyl (C=O) groups excluding carboxylic acids is 2. The third-order valence-corrected chi connectivity index (χ3v) is 9.21. The SMILES string of the molecule is CC(=O)O[C@@H](C)C(=O)NCc1ccccc1-c1ccc([C@@H]2O[C@H](CN(C)[C@@H](C)c3ccccc3)[C@H](C)[C@H](c3ccc(CO)cc3)O2)cc1. The van der Waals surface area contributed by atoms with Gasteiger partial charge in [-0.05, 0) is 54.3 Å². The summed E-state index contributed by atoms with van der Waals surface area (Å²) >= 11 is 0. The molecular formula is C40H46N2O6. The van der Waals surface area contributed by atoms with Crippen molar-refractivity contribution in [1.82, 2.24) is 10.2 Å². The van der Waals surface area contributed by atoms with Crippen molar-refractivity contribution in [2.24, 2.45) is 5.92 Å². The second-order valence-corrected chi connectivity index (χ2v) is 12.6. The van der Waals surface area contributed by atoms with Gasteiger partial charge in [-0.2, -0.15) is 0 Å². The lowest BCUT2D eigenvalue weighted by Gasteiger charge is -2.43. The molecule has 4 aromatic carbocycles. The van der Waals surface area contributed by atoms with E-state index in [1.54, 1.807) is 6.92 Å². The van der Waals surface area contributed by atoms with Crippen LogP contribution in [0, 0.1) is 5.92 Å². The molecule has 2 N–H and O–H groups in total. The molecule has 6 atom stereocenters. The van der Waals surface area contributed by atoms with Gasteiger partial charge in [0.05, 0.1) is 18.8 Å². The number of likely N-dealkylation sites (N-methyl/N-ethyl adjacent to an activating group) is 1. The fourth-order valence-corrected chi connectivity index (χ4v) is 6.16. The van der Waals surface area contributed by atoms with Crippen molar-refractivity contribution >= 4 is 11.9 Å². The number of rotatable bonds is 12. The molecule has 0 aliphatic carbocycles. The summed E-state index contributed by atoms with van der Waals surface area (Å²) < 4.78 is 18.4. The minimum atomic E-state index is -0.867. The van der Waals surface area contributed by atoms with Crippen LogP contribution in [0.4, 0.5) is 0 Å². The minimum Gasteiger partial charge on any atom is -0.453 e. The van der Waals surface area contributed by atoms with Crippen LogP contribution in [0.5, 0.6) is 0 Å². The summed E-state index contributed by atoms with van der Waals surface area (Å²) in [7, 11) is 2.13. The van der Waals surface area contributed by atoms with Crippen LogP contribution in [0.2, 0.25) is 0 Å². The molecule has 4 aromatic rings. The van der Waals surface area contributed by atoms with E-state index in [-0.39, 0.29) is 36.7 Å². The molecule has 1 aliphatic heterocycles. The number of nitrogens with zero attached hydrogens (tertiary/aromatic N) is 1. The summed E-state index contributed by atoms with van der Waals surface area (Å²) in [5.41, 5.74) is 6.98. The molecule has 8 nitrogen and oxygen atoms in total. The zero-order chi connectivity index (χ0) is 34.2. The Hall–Kier alpha value is -4.34. The first-order valence-corrected chi connectivity index (χ1v) is 16.5. The average Bonchev–Trinajstić information content (AvgIpc) is 3.11. The number of hydrogen-bond acceptors (Lipinski definition) is 7. The minimum absolute atomic E-state index is 0.00681. The van der Waals surface area contributed by atoms with E-state index in [9.17, 15) is 14.7 Å². The number of aliphatic hydroxyl groups is 1. The number of carbonyl (C=O) groups is 2. The van der Waals surface area contributed by atoms with Crippen molar-refractivity contribution in [2.45, 2.75) is 71.5 Å². The molecule has 1 heterocycles. The molecule has 1 fully saturated rings. The van der Waals surface area contributed by atoms with Crippen molar-refractivity contribution in [2.75, 3.05) is 13.6 Å². The van der Waals surface area contributed by atoms with Crippen LogP contribution in [0.25, 0.3) is 11.1 Å². The van der Waals surface area contributed by atoms with Crippen molar-refractivity contribution < 1.29 is 28.9 Å². The van der Waals surface area contributed by atoms with Crippen LogP contribution in [0.1, 0.15) is 73.9 Å². The Balaban J connectivity index is 1.36. The molecule has 1 aliphatic rings. The highest BCUT2D eigenvalue weighted by Gasteiger charge is 2.39. The molecule has 0 bridgehead atoms. The second-order valence-electron chi connectivity index (χ2n) is 12.6. The van der Waals surface area contributed by atoms with Crippen molar-refractivity contribution in [3.8, 4) is 11.1 Å². The highest BCUT2D eigenvalue weighted by Crippen LogP contribution is 2.42. The van der Waals surface area contributed by atoms with Crippen LogP contribution in [0.15, 0.2) is 103 Å². The third kappa shape index (κ3) is 8.57. The molecule has 8 heteroatoms. The number of esters is 1. The van der Waals surface area contributed by atoms with Crippen molar-refractivity contribution in [3.05, 3.63) is 131 Å². The van der Waals surface area contributed by atoms with Gasteiger partial charge in [-0.25, -0.2) is 0 Å². The van der Waals surface area contributed by atoms with Crippen molar-refractivity contribution in [1.29, 1.82) is 0 Å². The van der Waals surface area contributed by atoms with Gasteiger partial charge in [0.15, 0.2) is 12.4 Å². The Morgan fingerprint density at radius 3 is 2.19 bits per heavy atom. The van der Waals surface area contributed by atoms with E-state index in [0.717, 1.165) is 39.9 Å². The monoisotopic (exact) mass is 650 g/mol. The van der Waals surface area contributed by atoms with Gasteiger partial charge in [0.25, 0.3) is 5.91 Å². The van der Waals surface area contributed by atoms with E-state index in [1.165, 1.54) is 12.5 Å². The normalized spacial score (nSPS) is 20.6. The molecule has 0 aromatic heterocycles. The molecular weight excluding hydrogens is 604 g/mol. The van der Waals surface area contributed by atoms with Crippen LogP contribution >= 0.6 is 0 Å². The lowest BCUT2D eigenvalue weighted by molar-refractivity contribution is -0.276. The van der Waals surface area contributed by atoms with E-state index in [2.05, 4.69) is 55.4 Å². The molecule has 5 rings (SSSR count). The quantitative estimate of drug-likeness (QED) is 0.161. The Bertz CT molecular complexity index is 1640. The van der Waals surface area contributed by atoms with E-state index in [1.807, 2.05) is 78.9 Å². The average molecular weight is 651 g/mol. The fourth-order valence-electron chi connectivity index (χ4n) is 6.16. The predicted molar refractivity (Wildman–Crippen MR) is 185 cm³/mol. The first-order chi connectivity index (χ1) is 23.1. The first kappa shape index (κ1) is 35.0. The maximum absolute atomic E-state index is 12.5. The zero-order valence-electron chi connectivity index (χ0n) is 28.3. The lowest BCUT2D eigenvalue weighted by Crippen LogP contribution is -2.44. The smallest absolute Gasteiger partial charge is 0.303 e. The molecule has 0 radical (unpaired) electrons. The zero-order valence-corrected chi connectivity index (χ0v) is 28.3. The van der Waals surface area contributed by atoms with Gasteiger partial charge in [-0.3, -0.25) is 14.5 Å². The molecule has 0 spiro atoms. The van der Waals surface area contributed by atoms with Crippen molar-refractivity contribution in [3.63, 3.8) is 0 Å². The van der Waals surface area contributed by atoms with E-state index in [0.29, 0.717) is 6.54 Å². The molecule has 1 saturated heterocycles. The largest absolute Gasteiger partial charge is 0.453 e. The van der Waals surface area contributed by atoms with Gasteiger partial charge in [0.2, 0.25) is 0 Å². The Morgan fingerprint density at radius 1 is 0.875 bits per heavy atom. The van der Waals surface area contributed by atoms with Gasteiger partial charge in [-0.15, -0.1) is 0 Å². The molecule has 0 unspecified atom stereocenters. The van der Waals surface area contributed by atoms with Gasteiger partial charge in [0.1, 0.15) is 0 Å². The van der Waals surface area contributed by atoms with Crippen LogP contribution in [-0.2, 0) is 37.0 Å².